The van der Waals surface area contributed by atoms with E-state index in [2.05, 4.69) is 34.4 Å². The van der Waals surface area contributed by atoms with Gasteiger partial charge >= 0.3 is 0 Å². The summed E-state index contributed by atoms with van der Waals surface area (Å²) in [5.41, 5.74) is 2.58. The van der Waals surface area contributed by atoms with Gasteiger partial charge in [-0.05, 0) is 41.8 Å². The minimum absolute atomic E-state index is 0.189. The maximum Gasteiger partial charge on any atom is 0.274 e. The number of nitrogens with zero attached hydrogens (tertiary/aromatic N) is 2. The van der Waals surface area contributed by atoms with Crippen molar-refractivity contribution in [2.24, 2.45) is 0 Å². The number of para-hydroxylation sites is 1. The summed E-state index contributed by atoms with van der Waals surface area (Å²) in [5.74, 6) is -0.195. The SMILES string of the molecule is CC(C)c1ccccc1Nc1nccc(C(=O)Nc2cccc(F)c2)n1. The van der Waals surface area contributed by atoms with Gasteiger partial charge in [-0.25, -0.2) is 14.4 Å². The molecule has 0 atom stereocenters. The third kappa shape index (κ3) is 4.22. The van der Waals surface area contributed by atoms with Crippen molar-refractivity contribution in [1.82, 2.24) is 9.97 Å². The first-order chi connectivity index (χ1) is 12.5. The highest BCUT2D eigenvalue weighted by molar-refractivity contribution is 6.03. The summed E-state index contributed by atoms with van der Waals surface area (Å²) < 4.78 is 13.2. The number of benzene rings is 2. The molecular formula is C20H19FN4O. The zero-order chi connectivity index (χ0) is 18.5. The average Bonchev–Trinajstić information content (AvgIpc) is 2.62. The number of halogens is 1. The van der Waals surface area contributed by atoms with Crippen LogP contribution in [0.2, 0.25) is 0 Å². The number of carbonyl (C=O) groups excluding carboxylic acids is 1. The molecule has 3 rings (SSSR count). The maximum atomic E-state index is 13.2. The number of aromatic nitrogens is 2. The quantitative estimate of drug-likeness (QED) is 0.698. The first kappa shape index (κ1) is 17.5. The van der Waals surface area contributed by atoms with E-state index in [4.69, 9.17) is 0 Å². The fourth-order valence-corrected chi connectivity index (χ4v) is 2.54. The highest BCUT2D eigenvalue weighted by Gasteiger charge is 2.11. The lowest BCUT2D eigenvalue weighted by atomic mass is 10.0. The Bertz CT molecular complexity index is 927. The molecule has 0 spiro atoms. The van der Waals surface area contributed by atoms with Gasteiger partial charge in [-0.15, -0.1) is 0 Å². The van der Waals surface area contributed by atoms with Crippen LogP contribution in [0.15, 0.2) is 60.8 Å². The molecule has 5 nitrogen and oxygen atoms in total. The van der Waals surface area contributed by atoms with Crippen LogP contribution in [0.1, 0.15) is 35.8 Å². The van der Waals surface area contributed by atoms with E-state index in [1.165, 1.54) is 30.5 Å². The van der Waals surface area contributed by atoms with Gasteiger partial charge in [0.1, 0.15) is 11.5 Å². The summed E-state index contributed by atoms with van der Waals surface area (Å²) in [7, 11) is 0. The monoisotopic (exact) mass is 350 g/mol. The molecule has 0 saturated carbocycles. The van der Waals surface area contributed by atoms with Crippen molar-refractivity contribution in [3.05, 3.63) is 77.9 Å². The second-order valence-corrected chi connectivity index (χ2v) is 6.10. The lowest BCUT2D eigenvalue weighted by molar-refractivity contribution is 0.102. The van der Waals surface area contributed by atoms with Gasteiger partial charge in [0.25, 0.3) is 5.91 Å². The molecule has 0 aliphatic rings. The third-order valence-electron chi connectivity index (χ3n) is 3.80. The number of anilines is 3. The highest BCUT2D eigenvalue weighted by Crippen LogP contribution is 2.25. The van der Waals surface area contributed by atoms with E-state index < -0.39 is 11.7 Å². The van der Waals surface area contributed by atoms with Gasteiger partial charge in [0, 0.05) is 17.6 Å². The Kier molecular flexibility index (Phi) is 5.22. The van der Waals surface area contributed by atoms with Crippen molar-refractivity contribution in [1.29, 1.82) is 0 Å². The average molecular weight is 350 g/mol. The largest absolute Gasteiger partial charge is 0.324 e. The third-order valence-corrected chi connectivity index (χ3v) is 3.80. The molecule has 26 heavy (non-hydrogen) atoms. The molecule has 3 aromatic rings. The lowest BCUT2D eigenvalue weighted by Crippen LogP contribution is -2.15. The summed E-state index contributed by atoms with van der Waals surface area (Å²) in [6.07, 6.45) is 1.51. The Morgan fingerprint density at radius 3 is 2.65 bits per heavy atom. The molecule has 0 aliphatic heterocycles. The Labute approximate surface area is 151 Å². The zero-order valence-electron chi connectivity index (χ0n) is 14.5. The summed E-state index contributed by atoms with van der Waals surface area (Å²) in [6, 6.07) is 15.1. The van der Waals surface area contributed by atoms with Crippen molar-refractivity contribution in [2.75, 3.05) is 10.6 Å². The van der Waals surface area contributed by atoms with E-state index >= 15 is 0 Å². The normalized spacial score (nSPS) is 10.6. The van der Waals surface area contributed by atoms with Crippen LogP contribution in [-0.2, 0) is 0 Å². The van der Waals surface area contributed by atoms with Crippen LogP contribution < -0.4 is 10.6 Å². The van der Waals surface area contributed by atoms with E-state index in [0.717, 1.165) is 11.3 Å². The number of carbonyl (C=O) groups is 1. The van der Waals surface area contributed by atoms with Gasteiger partial charge in [-0.2, -0.15) is 0 Å². The van der Waals surface area contributed by atoms with Crippen LogP contribution in [-0.4, -0.2) is 15.9 Å². The second-order valence-electron chi connectivity index (χ2n) is 6.10. The molecule has 6 heteroatoms. The second kappa shape index (κ2) is 7.74. The number of hydrogen-bond acceptors (Lipinski definition) is 4. The molecule has 2 aromatic carbocycles. The summed E-state index contributed by atoms with van der Waals surface area (Å²) in [5, 5.41) is 5.78. The topological polar surface area (TPSA) is 66.9 Å². The van der Waals surface area contributed by atoms with Crippen LogP contribution in [0.25, 0.3) is 0 Å². The van der Waals surface area contributed by atoms with Crippen LogP contribution in [0, 0.1) is 5.82 Å². The fraction of sp³-hybridized carbons (Fsp3) is 0.150. The van der Waals surface area contributed by atoms with E-state index in [9.17, 15) is 9.18 Å². The van der Waals surface area contributed by atoms with Gasteiger partial charge in [-0.1, -0.05) is 38.1 Å². The summed E-state index contributed by atoms with van der Waals surface area (Å²) in [6.45, 7) is 4.20. The van der Waals surface area contributed by atoms with E-state index in [-0.39, 0.29) is 5.69 Å². The molecule has 0 saturated heterocycles. The molecule has 0 aliphatic carbocycles. The maximum absolute atomic E-state index is 13.2. The molecule has 132 valence electrons. The molecule has 0 fully saturated rings. The minimum Gasteiger partial charge on any atom is -0.324 e. The number of hydrogen-bond donors (Lipinski definition) is 2. The summed E-state index contributed by atoms with van der Waals surface area (Å²) >= 11 is 0. The molecule has 1 amide bonds. The standard InChI is InChI=1S/C20H19FN4O/c1-13(2)16-8-3-4-9-17(16)24-20-22-11-10-18(25-20)19(26)23-15-7-5-6-14(21)12-15/h3-13H,1-2H3,(H,23,26)(H,22,24,25). The predicted molar refractivity (Wildman–Crippen MR) is 100 cm³/mol. The molecule has 0 bridgehead atoms. The zero-order valence-corrected chi connectivity index (χ0v) is 14.5. The van der Waals surface area contributed by atoms with E-state index in [1.807, 2.05) is 24.3 Å². The van der Waals surface area contributed by atoms with Gasteiger partial charge in [-0.3, -0.25) is 4.79 Å². The summed E-state index contributed by atoms with van der Waals surface area (Å²) in [4.78, 5) is 20.8. The van der Waals surface area contributed by atoms with Gasteiger partial charge in [0.05, 0.1) is 0 Å². The molecule has 0 radical (unpaired) electrons. The Morgan fingerprint density at radius 2 is 1.88 bits per heavy atom. The number of rotatable bonds is 5. The highest BCUT2D eigenvalue weighted by atomic mass is 19.1. The van der Waals surface area contributed by atoms with E-state index in [0.29, 0.717) is 17.6 Å². The van der Waals surface area contributed by atoms with Crippen LogP contribution in [0.3, 0.4) is 0 Å². The van der Waals surface area contributed by atoms with Gasteiger partial charge in [0.2, 0.25) is 5.95 Å². The molecule has 1 aromatic heterocycles. The first-order valence-electron chi connectivity index (χ1n) is 8.29. The molecular weight excluding hydrogens is 331 g/mol. The Hall–Kier alpha value is -3.28. The van der Waals surface area contributed by atoms with Crippen LogP contribution in [0.4, 0.5) is 21.7 Å². The molecule has 1 heterocycles. The van der Waals surface area contributed by atoms with Crippen molar-refractivity contribution in [2.45, 2.75) is 19.8 Å². The molecule has 0 unspecified atom stereocenters. The predicted octanol–water partition coefficient (Wildman–Crippen LogP) is 4.74. The van der Waals surface area contributed by atoms with Crippen molar-refractivity contribution in [3.8, 4) is 0 Å². The van der Waals surface area contributed by atoms with E-state index in [1.54, 1.807) is 6.07 Å². The lowest BCUT2D eigenvalue weighted by Gasteiger charge is -2.13. The Morgan fingerprint density at radius 1 is 1.08 bits per heavy atom. The number of amides is 1. The van der Waals surface area contributed by atoms with Crippen molar-refractivity contribution < 1.29 is 9.18 Å². The number of nitrogens with one attached hydrogen (secondary N) is 2. The smallest absolute Gasteiger partial charge is 0.274 e. The molecule has 2 N–H and O–H groups in total. The van der Waals surface area contributed by atoms with Crippen LogP contribution >= 0.6 is 0 Å². The van der Waals surface area contributed by atoms with Gasteiger partial charge in [0.15, 0.2) is 0 Å². The first-order valence-corrected chi connectivity index (χ1v) is 8.29. The van der Waals surface area contributed by atoms with Crippen LogP contribution in [0.5, 0.6) is 0 Å². The fourth-order valence-electron chi connectivity index (χ4n) is 2.54. The van der Waals surface area contributed by atoms with Crippen molar-refractivity contribution >= 4 is 23.2 Å². The minimum atomic E-state index is -0.432. The Balaban J connectivity index is 1.79. The van der Waals surface area contributed by atoms with Crippen molar-refractivity contribution in [3.63, 3.8) is 0 Å². The van der Waals surface area contributed by atoms with Gasteiger partial charge < -0.3 is 10.6 Å².